The van der Waals surface area contributed by atoms with Gasteiger partial charge in [-0.1, -0.05) is 24.3 Å². The molecule has 0 spiro atoms. The molecule has 0 aliphatic carbocycles. The highest BCUT2D eigenvalue weighted by molar-refractivity contribution is 7.89. The molecule has 0 radical (unpaired) electrons. The van der Waals surface area contributed by atoms with E-state index in [4.69, 9.17) is 4.74 Å². The van der Waals surface area contributed by atoms with Crippen LogP contribution < -0.4 is 16.0 Å². The zero-order chi connectivity index (χ0) is 24.8. The van der Waals surface area contributed by atoms with Gasteiger partial charge in [0, 0.05) is 35.7 Å². The highest BCUT2D eigenvalue weighted by Gasteiger charge is 2.27. The van der Waals surface area contributed by atoms with Gasteiger partial charge in [-0.3, -0.25) is 4.79 Å². The van der Waals surface area contributed by atoms with Gasteiger partial charge in [-0.2, -0.15) is 4.31 Å². The average Bonchev–Trinajstić information content (AvgIpc) is 2.86. The Morgan fingerprint density at radius 2 is 1.37 bits per heavy atom. The quantitative estimate of drug-likeness (QED) is 0.480. The average molecular weight is 495 g/mol. The van der Waals surface area contributed by atoms with Crippen LogP contribution >= 0.6 is 0 Å². The maximum Gasteiger partial charge on any atom is 0.323 e. The minimum atomic E-state index is -3.72. The van der Waals surface area contributed by atoms with Crippen molar-refractivity contribution in [3.05, 3.63) is 83.9 Å². The summed E-state index contributed by atoms with van der Waals surface area (Å²) in [5.41, 5.74) is 2.64. The smallest absolute Gasteiger partial charge is 0.323 e. The molecule has 1 aliphatic heterocycles. The highest BCUT2D eigenvalue weighted by Crippen LogP contribution is 2.22. The Morgan fingerprint density at radius 3 is 2.00 bits per heavy atom. The van der Waals surface area contributed by atoms with Crippen molar-refractivity contribution in [1.29, 1.82) is 0 Å². The van der Waals surface area contributed by atoms with Crippen LogP contribution in [0.1, 0.15) is 15.9 Å². The van der Waals surface area contributed by atoms with Gasteiger partial charge in [0.05, 0.1) is 18.1 Å². The minimum absolute atomic E-state index is 0.0686. The number of nitrogens with one attached hydrogen (secondary N) is 3. The molecule has 4 rings (SSSR count). The van der Waals surface area contributed by atoms with Crippen LogP contribution in [0.15, 0.2) is 77.7 Å². The Kier molecular flexibility index (Phi) is 7.45. The van der Waals surface area contributed by atoms with Gasteiger partial charge in [0.2, 0.25) is 10.0 Å². The molecule has 1 fully saturated rings. The van der Waals surface area contributed by atoms with Crippen molar-refractivity contribution >= 4 is 39.0 Å². The molecule has 0 unspecified atom stereocenters. The maximum atomic E-state index is 13.0. The number of urea groups is 1. The van der Waals surface area contributed by atoms with Crippen molar-refractivity contribution < 1.29 is 22.7 Å². The summed E-state index contributed by atoms with van der Waals surface area (Å²) in [6.45, 7) is 3.00. The first-order chi connectivity index (χ1) is 16.8. The van der Waals surface area contributed by atoms with Gasteiger partial charge in [0.25, 0.3) is 5.91 Å². The van der Waals surface area contributed by atoms with E-state index < -0.39 is 15.9 Å². The van der Waals surface area contributed by atoms with Crippen LogP contribution in [0.25, 0.3) is 0 Å². The Labute approximate surface area is 204 Å². The van der Waals surface area contributed by atoms with Crippen LogP contribution in [0.2, 0.25) is 0 Å². The van der Waals surface area contributed by atoms with Crippen LogP contribution in [-0.4, -0.2) is 51.0 Å². The molecule has 0 aromatic heterocycles. The van der Waals surface area contributed by atoms with Gasteiger partial charge < -0.3 is 20.7 Å². The standard InChI is InChI=1S/C25H26N4O5S/c1-18-7-12-22(35(32,33)29-13-15-34-16-14-29)17-23(18)24(30)26-20-8-10-21(11-9-20)28-25(31)27-19-5-3-2-4-6-19/h2-12,17H,13-16H2,1H3,(H,26,30)(H2,27,28,31). The van der Waals surface area contributed by atoms with Crippen LogP contribution in [0.3, 0.4) is 0 Å². The number of carbonyl (C=O) groups is 2. The van der Waals surface area contributed by atoms with Gasteiger partial charge in [-0.05, 0) is 61.0 Å². The van der Waals surface area contributed by atoms with Crippen molar-refractivity contribution in [2.75, 3.05) is 42.3 Å². The van der Waals surface area contributed by atoms with Crippen LogP contribution in [0, 0.1) is 6.92 Å². The molecule has 35 heavy (non-hydrogen) atoms. The predicted octanol–water partition coefficient (Wildman–Crippen LogP) is 3.91. The number of anilines is 3. The fraction of sp³-hybridized carbons (Fsp3) is 0.200. The second kappa shape index (κ2) is 10.7. The van der Waals surface area contributed by atoms with Crippen LogP contribution in [0.4, 0.5) is 21.9 Å². The van der Waals surface area contributed by atoms with E-state index in [1.165, 1.54) is 16.4 Å². The number of hydrogen-bond acceptors (Lipinski definition) is 5. The van der Waals surface area contributed by atoms with E-state index in [1.807, 2.05) is 18.2 Å². The summed E-state index contributed by atoms with van der Waals surface area (Å²) < 4.78 is 32.5. The highest BCUT2D eigenvalue weighted by atomic mass is 32.2. The first kappa shape index (κ1) is 24.4. The van der Waals surface area contributed by atoms with Crippen molar-refractivity contribution in [3.8, 4) is 0 Å². The minimum Gasteiger partial charge on any atom is -0.379 e. The van der Waals surface area contributed by atoms with E-state index in [1.54, 1.807) is 49.4 Å². The number of amides is 3. The molecule has 3 amide bonds. The SMILES string of the molecule is Cc1ccc(S(=O)(=O)N2CCOCC2)cc1C(=O)Nc1ccc(NC(=O)Nc2ccccc2)cc1. The topological polar surface area (TPSA) is 117 Å². The lowest BCUT2D eigenvalue weighted by atomic mass is 10.1. The summed E-state index contributed by atoms with van der Waals surface area (Å²) in [6.07, 6.45) is 0. The van der Waals surface area contributed by atoms with E-state index in [-0.39, 0.29) is 29.6 Å². The second-order valence-electron chi connectivity index (χ2n) is 7.97. The molecule has 3 aromatic carbocycles. The van der Waals surface area contributed by atoms with Gasteiger partial charge in [-0.25, -0.2) is 13.2 Å². The number of para-hydroxylation sites is 1. The summed E-state index contributed by atoms with van der Waals surface area (Å²) in [4.78, 5) is 25.1. The molecule has 3 N–H and O–H groups in total. The number of aryl methyl sites for hydroxylation is 1. The molecular formula is C25H26N4O5S. The summed E-state index contributed by atoms with van der Waals surface area (Å²) in [6, 6.07) is 19.8. The zero-order valence-corrected chi connectivity index (χ0v) is 20.0. The van der Waals surface area contributed by atoms with E-state index >= 15 is 0 Å². The number of sulfonamides is 1. The van der Waals surface area contributed by atoms with Gasteiger partial charge in [-0.15, -0.1) is 0 Å². The number of morpholine rings is 1. The van der Waals surface area contributed by atoms with E-state index in [0.29, 0.717) is 35.8 Å². The molecule has 0 saturated carbocycles. The number of benzene rings is 3. The van der Waals surface area contributed by atoms with Crippen molar-refractivity contribution in [2.45, 2.75) is 11.8 Å². The van der Waals surface area contributed by atoms with Gasteiger partial charge >= 0.3 is 6.03 Å². The molecule has 0 atom stereocenters. The Bertz CT molecular complexity index is 1310. The molecule has 0 bridgehead atoms. The molecular weight excluding hydrogens is 468 g/mol. The fourth-order valence-electron chi connectivity index (χ4n) is 3.59. The van der Waals surface area contributed by atoms with Crippen LogP contribution in [0.5, 0.6) is 0 Å². The van der Waals surface area contributed by atoms with E-state index in [9.17, 15) is 18.0 Å². The third-order valence-electron chi connectivity index (χ3n) is 5.49. The molecule has 1 aliphatic rings. The first-order valence-corrected chi connectivity index (χ1v) is 12.5. The van der Waals surface area contributed by atoms with Gasteiger partial charge in [0.15, 0.2) is 0 Å². The Morgan fingerprint density at radius 1 is 0.800 bits per heavy atom. The molecule has 1 saturated heterocycles. The monoisotopic (exact) mass is 494 g/mol. The first-order valence-electron chi connectivity index (χ1n) is 11.1. The predicted molar refractivity (Wildman–Crippen MR) is 134 cm³/mol. The normalized spacial score (nSPS) is 14.2. The number of ether oxygens (including phenoxy) is 1. The second-order valence-corrected chi connectivity index (χ2v) is 9.91. The molecule has 1 heterocycles. The van der Waals surface area contributed by atoms with Crippen molar-refractivity contribution in [3.63, 3.8) is 0 Å². The summed E-state index contributed by atoms with van der Waals surface area (Å²) in [5, 5.41) is 8.23. The zero-order valence-electron chi connectivity index (χ0n) is 19.2. The Balaban J connectivity index is 1.42. The molecule has 9 nitrogen and oxygen atoms in total. The van der Waals surface area contributed by atoms with E-state index in [2.05, 4.69) is 16.0 Å². The molecule has 3 aromatic rings. The number of nitrogens with zero attached hydrogens (tertiary/aromatic N) is 1. The maximum absolute atomic E-state index is 13.0. The largest absolute Gasteiger partial charge is 0.379 e. The summed E-state index contributed by atoms with van der Waals surface area (Å²) in [7, 11) is -3.72. The third kappa shape index (κ3) is 6.04. The fourth-order valence-corrected chi connectivity index (χ4v) is 5.03. The molecule has 10 heteroatoms. The summed E-state index contributed by atoms with van der Waals surface area (Å²) in [5.74, 6) is -0.427. The lowest BCUT2D eigenvalue weighted by Crippen LogP contribution is -2.40. The molecule has 182 valence electrons. The van der Waals surface area contributed by atoms with Gasteiger partial charge in [0.1, 0.15) is 0 Å². The Hall–Kier alpha value is -3.73. The number of rotatable bonds is 6. The van der Waals surface area contributed by atoms with E-state index in [0.717, 1.165) is 0 Å². The lowest BCUT2D eigenvalue weighted by Gasteiger charge is -2.26. The summed E-state index contributed by atoms with van der Waals surface area (Å²) >= 11 is 0. The van der Waals surface area contributed by atoms with Crippen LogP contribution in [-0.2, 0) is 14.8 Å². The number of hydrogen-bond donors (Lipinski definition) is 3. The third-order valence-corrected chi connectivity index (χ3v) is 7.39. The van der Waals surface area contributed by atoms with Crippen molar-refractivity contribution in [2.24, 2.45) is 0 Å². The lowest BCUT2D eigenvalue weighted by molar-refractivity contribution is 0.0730. The van der Waals surface area contributed by atoms with Crippen molar-refractivity contribution in [1.82, 2.24) is 4.31 Å². The number of carbonyl (C=O) groups excluding carboxylic acids is 2.